The molecule has 0 saturated heterocycles. The van der Waals surface area contributed by atoms with Gasteiger partial charge in [-0.15, -0.1) is 0 Å². The Balaban J connectivity index is 1.84. The minimum absolute atomic E-state index is 0.0599. The van der Waals surface area contributed by atoms with E-state index >= 15 is 0 Å². The Morgan fingerprint density at radius 1 is 1.12 bits per heavy atom. The minimum Gasteiger partial charge on any atom is -0.384 e. The van der Waals surface area contributed by atoms with Gasteiger partial charge in [-0.3, -0.25) is 0 Å². The van der Waals surface area contributed by atoms with Gasteiger partial charge in [0.1, 0.15) is 5.82 Å². The second-order valence-corrected chi connectivity index (χ2v) is 7.75. The van der Waals surface area contributed by atoms with Crippen LogP contribution in [0, 0.1) is 0 Å². The van der Waals surface area contributed by atoms with Gasteiger partial charge < -0.3 is 5.73 Å². The van der Waals surface area contributed by atoms with Crippen molar-refractivity contribution in [3.05, 3.63) is 59.8 Å². The molecule has 9 heteroatoms. The highest BCUT2D eigenvalue weighted by Crippen LogP contribution is 2.32. The van der Waals surface area contributed by atoms with Crippen LogP contribution in [0.5, 0.6) is 0 Å². The first-order chi connectivity index (χ1) is 12.2. The molecule has 0 fully saturated rings. The molecule has 26 heavy (non-hydrogen) atoms. The first kappa shape index (κ1) is 18.4. The maximum absolute atomic E-state index is 12.8. The number of pyridine rings is 1. The molecule has 1 aliphatic heterocycles. The summed E-state index contributed by atoms with van der Waals surface area (Å²) in [5, 5.41) is 0. The van der Waals surface area contributed by atoms with Crippen LogP contribution in [0.1, 0.15) is 17.7 Å². The van der Waals surface area contributed by atoms with Gasteiger partial charge in [0, 0.05) is 13.1 Å². The van der Waals surface area contributed by atoms with E-state index in [2.05, 4.69) is 4.98 Å². The van der Waals surface area contributed by atoms with Gasteiger partial charge in [-0.1, -0.05) is 18.2 Å². The Morgan fingerprint density at radius 3 is 2.46 bits per heavy atom. The smallest absolute Gasteiger partial charge is 0.384 e. The second-order valence-electron chi connectivity index (χ2n) is 5.82. The van der Waals surface area contributed by atoms with Crippen LogP contribution in [0.15, 0.2) is 53.4 Å². The van der Waals surface area contributed by atoms with Crippen LogP contribution in [0.3, 0.4) is 0 Å². The molecule has 0 amide bonds. The van der Waals surface area contributed by atoms with Crippen LogP contribution in [-0.4, -0.2) is 30.8 Å². The zero-order chi connectivity index (χ0) is 18.9. The van der Waals surface area contributed by atoms with Gasteiger partial charge in [0.05, 0.1) is 16.2 Å². The Hall–Kier alpha value is -2.39. The van der Waals surface area contributed by atoms with Gasteiger partial charge in [-0.05, 0) is 42.3 Å². The lowest BCUT2D eigenvalue weighted by atomic mass is 10.1. The van der Waals surface area contributed by atoms with Crippen molar-refractivity contribution in [3.63, 3.8) is 0 Å². The van der Waals surface area contributed by atoms with Gasteiger partial charge in [0.2, 0.25) is 10.0 Å². The molecule has 0 aliphatic carbocycles. The number of sulfonamides is 1. The zero-order valence-corrected chi connectivity index (χ0v) is 14.4. The molecule has 0 atom stereocenters. The lowest BCUT2D eigenvalue weighted by molar-refractivity contribution is -0.137. The van der Waals surface area contributed by atoms with E-state index in [1.165, 1.54) is 6.07 Å². The Morgan fingerprint density at radius 2 is 1.85 bits per heavy atom. The van der Waals surface area contributed by atoms with Gasteiger partial charge in [-0.2, -0.15) is 17.5 Å². The molecule has 1 aromatic carbocycles. The molecule has 3 rings (SSSR count). The van der Waals surface area contributed by atoms with E-state index in [0.29, 0.717) is 24.0 Å². The molecule has 0 bridgehead atoms. The van der Waals surface area contributed by atoms with E-state index in [9.17, 15) is 21.6 Å². The standard InChI is InChI=1S/C17H16F3N3O2S/c18-17(19,20)13-3-1-4-14(11-13)26(24,25)23-9-7-12(8-10-23)15-5-2-6-16(21)22-15/h1-7,11H,8-10H2,(H2,21,22). The third-order valence-electron chi connectivity index (χ3n) is 4.07. The number of anilines is 1. The van der Waals surface area contributed by atoms with Gasteiger partial charge in [0.25, 0.3) is 0 Å². The highest BCUT2D eigenvalue weighted by atomic mass is 32.2. The predicted octanol–water partition coefficient (Wildman–Crippen LogP) is 3.16. The largest absolute Gasteiger partial charge is 0.416 e. The van der Waals surface area contributed by atoms with Gasteiger partial charge in [-0.25, -0.2) is 13.4 Å². The normalized spacial score (nSPS) is 16.3. The van der Waals surface area contributed by atoms with Crippen molar-refractivity contribution in [2.75, 3.05) is 18.8 Å². The van der Waals surface area contributed by atoms with Crippen LogP contribution in [0.4, 0.5) is 19.0 Å². The fourth-order valence-electron chi connectivity index (χ4n) is 2.71. The van der Waals surface area contributed by atoms with Crippen LogP contribution < -0.4 is 5.73 Å². The minimum atomic E-state index is -4.60. The summed E-state index contributed by atoms with van der Waals surface area (Å²) in [6, 6.07) is 8.95. The van der Waals surface area contributed by atoms with E-state index in [4.69, 9.17) is 5.73 Å². The van der Waals surface area contributed by atoms with Crippen LogP contribution >= 0.6 is 0 Å². The molecule has 2 heterocycles. The molecule has 0 saturated carbocycles. The lowest BCUT2D eigenvalue weighted by Crippen LogP contribution is -2.34. The zero-order valence-electron chi connectivity index (χ0n) is 13.6. The van der Waals surface area contributed by atoms with Crippen LogP contribution in [0.2, 0.25) is 0 Å². The Bertz CT molecular complexity index is 956. The average Bonchev–Trinajstić information content (AvgIpc) is 2.61. The van der Waals surface area contributed by atoms with Crippen molar-refractivity contribution in [2.24, 2.45) is 0 Å². The SMILES string of the molecule is Nc1cccc(C2=CCN(S(=O)(=O)c3cccc(C(F)(F)F)c3)CC2)n1. The molecule has 0 spiro atoms. The first-order valence-electron chi connectivity index (χ1n) is 7.77. The first-order valence-corrected chi connectivity index (χ1v) is 9.21. The summed E-state index contributed by atoms with van der Waals surface area (Å²) in [7, 11) is -4.01. The summed E-state index contributed by atoms with van der Waals surface area (Å²) in [4.78, 5) is 3.83. The summed E-state index contributed by atoms with van der Waals surface area (Å²) in [6.45, 7) is 0.214. The van der Waals surface area contributed by atoms with E-state index < -0.39 is 21.8 Å². The third-order valence-corrected chi connectivity index (χ3v) is 5.93. The summed E-state index contributed by atoms with van der Waals surface area (Å²) >= 11 is 0. The Kier molecular flexibility index (Phi) is 4.76. The number of hydrogen-bond acceptors (Lipinski definition) is 4. The Labute approximate surface area is 149 Å². The highest BCUT2D eigenvalue weighted by molar-refractivity contribution is 7.89. The van der Waals surface area contributed by atoms with E-state index in [1.807, 2.05) is 0 Å². The highest BCUT2D eigenvalue weighted by Gasteiger charge is 2.33. The van der Waals surface area contributed by atoms with Crippen molar-refractivity contribution in [3.8, 4) is 0 Å². The molecular weight excluding hydrogens is 367 g/mol. The summed E-state index contributed by atoms with van der Waals surface area (Å²) in [5.74, 6) is 0.363. The van der Waals surface area contributed by atoms with Crippen molar-refractivity contribution in [1.29, 1.82) is 0 Å². The lowest BCUT2D eigenvalue weighted by Gasteiger charge is -2.26. The van der Waals surface area contributed by atoms with Gasteiger partial charge >= 0.3 is 6.18 Å². The van der Waals surface area contributed by atoms with Crippen molar-refractivity contribution in [1.82, 2.24) is 9.29 Å². The van der Waals surface area contributed by atoms with Crippen molar-refractivity contribution in [2.45, 2.75) is 17.5 Å². The molecule has 1 aliphatic rings. The molecule has 5 nitrogen and oxygen atoms in total. The molecule has 0 radical (unpaired) electrons. The fourth-order valence-corrected chi connectivity index (χ4v) is 4.14. The number of nitrogens with zero attached hydrogens (tertiary/aromatic N) is 2. The number of rotatable bonds is 3. The average molecular weight is 383 g/mol. The molecule has 2 N–H and O–H groups in total. The predicted molar refractivity (Wildman–Crippen MR) is 91.4 cm³/mol. The monoisotopic (exact) mass is 383 g/mol. The molecular formula is C17H16F3N3O2S. The maximum atomic E-state index is 12.8. The van der Waals surface area contributed by atoms with Gasteiger partial charge in [0.15, 0.2) is 0 Å². The van der Waals surface area contributed by atoms with Crippen LogP contribution in [-0.2, 0) is 16.2 Å². The summed E-state index contributed by atoms with van der Waals surface area (Å²) in [5.41, 5.74) is 6.18. The maximum Gasteiger partial charge on any atom is 0.416 e. The van der Waals surface area contributed by atoms with E-state index in [0.717, 1.165) is 22.0 Å². The summed E-state index contributed by atoms with van der Waals surface area (Å²) < 4.78 is 65.0. The fraction of sp³-hybridized carbons (Fsp3) is 0.235. The number of halogens is 3. The number of aromatic nitrogens is 1. The van der Waals surface area contributed by atoms with Crippen LogP contribution in [0.25, 0.3) is 5.57 Å². The second kappa shape index (κ2) is 6.73. The van der Waals surface area contributed by atoms with Crippen molar-refractivity contribution >= 4 is 21.4 Å². The topological polar surface area (TPSA) is 76.3 Å². The number of alkyl halides is 3. The van der Waals surface area contributed by atoms with E-state index in [-0.39, 0.29) is 18.0 Å². The molecule has 138 valence electrons. The molecule has 0 unspecified atom stereocenters. The summed E-state index contributed by atoms with van der Waals surface area (Å²) in [6.07, 6.45) is -2.50. The van der Waals surface area contributed by atoms with E-state index in [1.54, 1.807) is 24.3 Å². The van der Waals surface area contributed by atoms with Crippen molar-refractivity contribution < 1.29 is 21.6 Å². The molecule has 1 aromatic heterocycles. The number of benzene rings is 1. The number of nitrogens with two attached hydrogens (primary N) is 1. The third kappa shape index (κ3) is 3.73. The molecule has 2 aromatic rings. The number of nitrogen functional groups attached to an aromatic ring is 1. The quantitative estimate of drug-likeness (QED) is 0.883. The number of hydrogen-bond donors (Lipinski definition) is 1.